The minimum atomic E-state index is -1.43. The van der Waals surface area contributed by atoms with Crippen molar-refractivity contribution in [3.05, 3.63) is 39.9 Å². The number of nitrogens with one attached hydrogen (secondary N) is 1. The summed E-state index contributed by atoms with van der Waals surface area (Å²) in [6.07, 6.45) is 0.138. The molecule has 1 aromatic carbocycles. The normalized spacial score (nSPS) is 18.1. The molecule has 0 saturated carbocycles. The van der Waals surface area contributed by atoms with Crippen LogP contribution in [0.4, 0.5) is 5.69 Å². The molecular weight excluding hydrogens is 372 g/mol. The lowest BCUT2D eigenvalue weighted by Crippen LogP contribution is -2.49. The molecule has 1 saturated heterocycles. The highest BCUT2D eigenvalue weighted by atomic mass is 16.6. The lowest BCUT2D eigenvalue weighted by Gasteiger charge is -2.25. The van der Waals surface area contributed by atoms with Gasteiger partial charge in [0, 0.05) is 24.7 Å². The van der Waals surface area contributed by atoms with Gasteiger partial charge in [0.2, 0.25) is 5.91 Å². The Kier molecular flexibility index (Phi) is 7.44. The highest BCUT2D eigenvalue weighted by Gasteiger charge is 2.36. The minimum Gasteiger partial charge on any atom is -0.480 e. The molecule has 0 bridgehead atoms. The zero-order valence-corrected chi connectivity index (χ0v) is 15.3. The molecule has 0 aromatic heterocycles. The smallest absolute Gasteiger partial charge is 0.326 e. The summed E-state index contributed by atoms with van der Waals surface area (Å²) >= 11 is 0. The fourth-order valence-corrected chi connectivity index (χ4v) is 3.04. The van der Waals surface area contributed by atoms with Crippen molar-refractivity contribution in [2.75, 3.05) is 13.2 Å². The second kappa shape index (κ2) is 9.79. The van der Waals surface area contributed by atoms with Crippen molar-refractivity contribution in [1.82, 2.24) is 5.32 Å². The quantitative estimate of drug-likeness (QED) is 0.363. The Hall–Kier alpha value is -3.01. The second-order valence-electron chi connectivity index (χ2n) is 6.29. The number of carbonyl (C=O) groups is 3. The van der Waals surface area contributed by atoms with Gasteiger partial charge in [-0.15, -0.1) is 0 Å². The predicted molar refractivity (Wildman–Crippen MR) is 95.6 cm³/mol. The first-order chi connectivity index (χ1) is 13.3. The van der Waals surface area contributed by atoms with Gasteiger partial charge in [-0.2, -0.15) is 0 Å². The first kappa shape index (κ1) is 21.3. The van der Waals surface area contributed by atoms with Crippen LogP contribution in [0, 0.1) is 10.1 Å². The molecule has 1 fully saturated rings. The van der Waals surface area contributed by atoms with Crippen LogP contribution in [0.5, 0.6) is 0 Å². The van der Waals surface area contributed by atoms with E-state index in [1.54, 1.807) is 6.92 Å². The number of nitro benzene ring substituents is 1. The highest BCUT2D eigenvalue weighted by molar-refractivity contribution is 5.87. The summed E-state index contributed by atoms with van der Waals surface area (Å²) in [6, 6.07) is 3.75. The van der Waals surface area contributed by atoms with Crippen LogP contribution in [-0.4, -0.2) is 53.2 Å². The van der Waals surface area contributed by atoms with E-state index in [1.807, 2.05) is 0 Å². The molecule has 28 heavy (non-hydrogen) atoms. The van der Waals surface area contributed by atoms with E-state index in [1.165, 1.54) is 24.3 Å². The maximum atomic E-state index is 12.3. The van der Waals surface area contributed by atoms with Gasteiger partial charge in [-0.1, -0.05) is 12.1 Å². The molecule has 2 rings (SSSR count). The van der Waals surface area contributed by atoms with Crippen LogP contribution in [0.3, 0.4) is 0 Å². The first-order valence-electron chi connectivity index (χ1n) is 8.88. The van der Waals surface area contributed by atoms with Gasteiger partial charge in [-0.05, 0) is 25.3 Å². The number of rotatable bonds is 9. The van der Waals surface area contributed by atoms with Crippen LogP contribution in [0.1, 0.15) is 37.7 Å². The van der Waals surface area contributed by atoms with E-state index in [9.17, 15) is 29.6 Å². The number of amides is 1. The van der Waals surface area contributed by atoms with Crippen LogP contribution in [0.25, 0.3) is 0 Å². The SMILES string of the molecule is CCOC(=O)C[C@@H](c1ccc([N+](=O)[O-])cc1)[C@H](NC(=O)[C@@H]1CCCO1)C(=O)O. The highest BCUT2D eigenvalue weighted by Crippen LogP contribution is 2.27. The number of aliphatic carboxylic acids is 1. The summed E-state index contributed by atoms with van der Waals surface area (Å²) < 4.78 is 10.2. The van der Waals surface area contributed by atoms with Crippen molar-refractivity contribution < 1.29 is 33.9 Å². The third kappa shape index (κ3) is 5.49. The third-order valence-electron chi connectivity index (χ3n) is 4.41. The number of carboxylic acids is 1. The molecule has 10 heteroatoms. The largest absolute Gasteiger partial charge is 0.480 e. The van der Waals surface area contributed by atoms with Crippen molar-refractivity contribution in [2.24, 2.45) is 0 Å². The lowest BCUT2D eigenvalue weighted by molar-refractivity contribution is -0.384. The maximum absolute atomic E-state index is 12.3. The number of carboxylic acid groups (broad SMARTS) is 1. The molecule has 10 nitrogen and oxygen atoms in total. The standard InChI is InChI=1S/C18H22N2O8/c1-2-27-15(21)10-13(11-5-7-12(8-6-11)20(25)26)16(18(23)24)19-17(22)14-4-3-9-28-14/h5-8,13-14,16H,2-4,9-10H2,1H3,(H,19,22)(H,23,24)/t13-,14-,16-/m0/s1. The zero-order chi connectivity index (χ0) is 20.7. The number of esters is 1. The number of benzene rings is 1. The molecular formula is C18H22N2O8. The van der Waals surface area contributed by atoms with E-state index in [4.69, 9.17) is 9.47 Å². The number of hydrogen-bond donors (Lipinski definition) is 2. The molecule has 0 unspecified atom stereocenters. The summed E-state index contributed by atoms with van der Waals surface area (Å²) in [5, 5.41) is 22.9. The van der Waals surface area contributed by atoms with Crippen LogP contribution < -0.4 is 5.32 Å². The number of hydrogen-bond acceptors (Lipinski definition) is 7. The van der Waals surface area contributed by atoms with Gasteiger partial charge < -0.3 is 19.9 Å². The molecule has 152 valence electrons. The van der Waals surface area contributed by atoms with E-state index in [-0.39, 0.29) is 18.7 Å². The molecule has 1 heterocycles. The Morgan fingerprint density at radius 1 is 1.36 bits per heavy atom. The van der Waals surface area contributed by atoms with Gasteiger partial charge in [-0.3, -0.25) is 19.7 Å². The summed E-state index contributed by atoms with van der Waals surface area (Å²) in [5.41, 5.74) is 0.188. The van der Waals surface area contributed by atoms with Gasteiger partial charge in [0.25, 0.3) is 5.69 Å². The van der Waals surface area contributed by atoms with Crippen molar-refractivity contribution in [3.8, 4) is 0 Å². The minimum absolute atomic E-state index is 0.117. The number of nitrogens with zero attached hydrogens (tertiary/aromatic N) is 1. The van der Waals surface area contributed by atoms with Gasteiger partial charge in [0.05, 0.1) is 18.0 Å². The van der Waals surface area contributed by atoms with Crippen molar-refractivity contribution in [3.63, 3.8) is 0 Å². The molecule has 2 N–H and O–H groups in total. The summed E-state index contributed by atoms with van der Waals surface area (Å²) in [7, 11) is 0. The fourth-order valence-electron chi connectivity index (χ4n) is 3.04. The summed E-state index contributed by atoms with van der Waals surface area (Å²) in [6.45, 7) is 2.16. The molecule has 1 aliphatic rings. The molecule has 1 aliphatic heterocycles. The Morgan fingerprint density at radius 2 is 2.04 bits per heavy atom. The number of ether oxygens (including phenoxy) is 2. The monoisotopic (exact) mass is 394 g/mol. The Bertz CT molecular complexity index is 728. The Labute approximate surface area is 161 Å². The van der Waals surface area contributed by atoms with Gasteiger partial charge >= 0.3 is 11.9 Å². The predicted octanol–water partition coefficient (Wildman–Crippen LogP) is 1.38. The Balaban J connectivity index is 2.29. The van der Waals surface area contributed by atoms with Crippen LogP contribution >= 0.6 is 0 Å². The number of carbonyl (C=O) groups excluding carboxylic acids is 2. The lowest BCUT2D eigenvalue weighted by atomic mass is 9.88. The van der Waals surface area contributed by atoms with E-state index in [0.29, 0.717) is 25.0 Å². The van der Waals surface area contributed by atoms with E-state index in [0.717, 1.165) is 0 Å². The average molecular weight is 394 g/mol. The topological polar surface area (TPSA) is 145 Å². The second-order valence-corrected chi connectivity index (χ2v) is 6.29. The fraction of sp³-hybridized carbons (Fsp3) is 0.500. The van der Waals surface area contributed by atoms with E-state index < -0.39 is 40.8 Å². The summed E-state index contributed by atoms with van der Waals surface area (Å²) in [4.78, 5) is 46.5. The molecule has 1 amide bonds. The number of non-ortho nitro benzene ring substituents is 1. The molecule has 0 aliphatic carbocycles. The molecule has 0 radical (unpaired) electrons. The Morgan fingerprint density at radius 3 is 2.54 bits per heavy atom. The van der Waals surface area contributed by atoms with Crippen LogP contribution in [0.15, 0.2) is 24.3 Å². The van der Waals surface area contributed by atoms with Crippen LogP contribution in [-0.2, 0) is 23.9 Å². The molecule has 0 spiro atoms. The van der Waals surface area contributed by atoms with Gasteiger partial charge in [-0.25, -0.2) is 4.79 Å². The maximum Gasteiger partial charge on any atom is 0.326 e. The average Bonchev–Trinajstić information content (AvgIpc) is 3.19. The van der Waals surface area contributed by atoms with Crippen molar-refractivity contribution >= 4 is 23.5 Å². The van der Waals surface area contributed by atoms with Gasteiger partial charge in [0.15, 0.2) is 0 Å². The zero-order valence-electron chi connectivity index (χ0n) is 15.3. The van der Waals surface area contributed by atoms with Crippen LogP contribution in [0.2, 0.25) is 0 Å². The molecule has 3 atom stereocenters. The first-order valence-corrected chi connectivity index (χ1v) is 8.88. The summed E-state index contributed by atoms with van der Waals surface area (Å²) in [5.74, 6) is -3.51. The van der Waals surface area contributed by atoms with E-state index >= 15 is 0 Å². The number of nitro groups is 1. The van der Waals surface area contributed by atoms with Crippen molar-refractivity contribution in [1.29, 1.82) is 0 Å². The third-order valence-corrected chi connectivity index (χ3v) is 4.41. The van der Waals surface area contributed by atoms with E-state index in [2.05, 4.69) is 5.32 Å². The van der Waals surface area contributed by atoms with Crippen molar-refractivity contribution in [2.45, 2.75) is 44.2 Å². The van der Waals surface area contributed by atoms with Gasteiger partial charge in [0.1, 0.15) is 12.1 Å². The molecule has 1 aromatic rings.